The fraction of sp³-hybridized carbons (Fsp3) is 0.500. The van der Waals surface area contributed by atoms with Gasteiger partial charge in [-0.05, 0) is 42.1 Å². The topological polar surface area (TPSA) is 9.23 Å². The van der Waals surface area contributed by atoms with Crippen LogP contribution in [0.25, 0.3) is 0 Å². The van der Waals surface area contributed by atoms with Crippen LogP contribution in [-0.4, -0.2) is 5.75 Å². The van der Waals surface area contributed by atoms with Crippen molar-refractivity contribution in [3.8, 4) is 5.75 Å². The van der Waals surface area contributed by atoms with Gasteiger partial charge in [0.1, 0.15) is 5.75 Å². The highest BCUT2D eigenvalue weighted by Gasteiger charge is 2.14. The minimum absolute atomic E-state index is 0.616. The molecular weight excluding hydrogens is 399 g/mol. The molecule has 1 nitrogen and oxygen atoms in total. The molecule has 0 spiro atoms. The average Bonchev–Trinajstić information content (AvgIpc) is 2.73. The Labute approximate surface area is 181 Å². The lowest BCUT2D eigenvalue weighted by Gasteiger charge is -2.17. The maximum atomic E-state index is 6.30. The van der Waals surface area contributed by atoms with E-state index in [-0.39, 0.29) is 0 Å². The van der Waals surface area contributed by atoms with Crippen LogP contribution in [0.3, 0.4) is 0 Å². The summed E-state index contributed by atoms with van der Waals surface area (Å²) in [6.07, 6.45) is 13.9. The van der Waals surface area contributed by atoms with Gasteiger partial charge in [-0.25, -0.2) is 0 Å². The summed E-state index contributed by atoms with van der Waals surface area (Å²) in [6.45, 7) is 1.67. The Hall–Kier alpha value is -0.630. The Kier molecular flexibility index (Phi) is 13.7. The van der Waals surface area contributed by atoms with Gasteiger partial charge >= 0.3 is 0 Å². The zero-order chi connectivity index (χ0) is 19.7. The summed E-state index contributed by atoms with van der Waals surface area (Å²) in [6, 6.07) is 20.9. The second-order valence-corrected chi connectivity index (χ2v) is 13.0. The highest BCUT2D eigenvalue weighted by molar-refractivity contribution is 8.87. The summed E-state index contributed by atoms with van der Waals surface area (Å²) in [5.74, 6) is 2.17. The van der Waals surface area contributed by atoms with Gasteiger partial charge in [0.2, 0.25) is 6.55 Å². The maximum absolute atomic E-state index is 6.30. The summed E-state index contributed by atoms with van der Waals surface area (Å²) >= 11 is 3.86. The lowest BCUT2D eigenvalue weighted by Crippen LogP contribution is -1.86. The Bertz CT molecular complexity index is 553. The van der Waals surface area contributed by atoms with Gasteiger partial charge in [-0.1, -0.05) is 112 Å². The van der Waals surface area contributed by atoms with E-state index >= 15 is 0 Å². The monoisotopic (exact) mass is 434 g/mol. The minimum atomic E-state index is -0.616. The number of hydrogen-bond acceptors (Lipinski definition) is 3. The molecule has 0 radical (unpaired) electrons. The highest BCUT2D eigenvalue weighted by atomic mass is 33.1. The van der Waals surface area contributed by atoms with Crippen LogP contribution in [-0.2, 0) is 0 Å². The third-order valence-corrected chi connectivity index (χ3v) is 10.5. The van der Waals surface area contributed by atoms with E-state index in [9.17, 15) is 0 Å². The first-order chi connectivity index (χ1) is 13.9. The number of para-hydroxylation sites is 1. The third kappa shape index (κ3) is 11.4. The molecule has 0 saturated carbocycles. The fourth-order valence-electron chi connectivity index (χ4n) is 2.93. The molecule has 0 bridgehead atoms. The zero-order valence-electron chi connectivity index (χ0n) is 17.2. The third-order valence-electron chi connectivity index (χ3n) is 4.54. The molecule has 0 N–H and O–H groups in total. The van der Waals surface area contributed by atoms with Gasteiger partial charge in [0.25, 0.3) is 0 Å². The number of hydrogen-bond donors (Lipinski definition) is 0. The molecule has 28 heavy (non-hydrogen) atoms. The number of benzene rings is 2. The average molecular weight is 435 g/mol. The zero-order valence-corrected chi connectivity index (χ0v) is 19.8. The standard InChI is InChI=1S/C24H35OPS2/c1-2-3-4-5-6-7-8-9-10-17-22-27-26(25-23-18-13-11-14-19-23)28-24-20-15-12-16-21-24/h11-16,18-21H,2-10,17,22H2,1H3. The van der Waals surface area contributed by atoms with Crippen molar-refractivity contribution in [1.29, 1.82) is 0 Å². The molecule has 2 rings (SSSR count). The van der Waals surface area contributed by atoms with Crippen LogP contribution < -0.4 is 4.52 Å². The second kappa shape index (κ2) is 16.2. The van der Waals surface area contributed by atoms with E-state index in [1.165, 1.54) is 74.9 Å². The molecule has 2 aromatic rings. The Balaban J connectivity index is 1.62. The van der Waals surface area contributed by atoms with Gasteiger partial charge in [0.15, 0.2) is 0 Å². The summed E-state index contributed by atoms with van der Waals surface area (Å²) in [4.78, 5) is 1.29. The first-order valence-corrected chi connectivity index (χ1v) is 15.0. The summed E-state index contributed by atoms with van der Waals surface area (Å²) in [5, 5.41) is 0. The summed E-state index contributed by atoms with van der Waals surface area (Å²) < 4.78 is 6.30. The van der Waals surface area contributed by atoms with Crippen LogP contribution >= 0.6 is 29.3 Å². The predicted octanol–water partition coefficient (Wildman–Crippen LogP) is 9.74. The molecule has 0 fully saturated rings. The first-order valence-electron chi connectivity index (χ1n) is 10.8. The highest BCUT2D eigenvalue weighted by Crippen LogP contribution is 2.64. The smallest absolute Gasteiger partial charge is 0.214 e. The van der Waals surface area contributed by atoms with Gasteiger partial charge in [-0.15, -0.1) is 0 Å². The SMILES string of the molecule is CCCCCCCCCCCCSP(Oc1ccccc1)Sc1ccccc1. The van der Waals surface area contributed by atoms with Crippen LogP contribution in [0.2, 0.25) is 0 Å². The van der Waals surface area contributed by atoms with Gasteiger partial charge in [-0.3, -0.25) is 0 Å². The Morgan fingerprint density at radius 3 is 1.82 bits per heavy atom. The van der Waals surface area contributed by atoms with E-state index in [0.29, 0.717) is 0 Å². The molecule has 2 aromatic carbocycles. The second-order valence-electron chi connectivity index (χ2n) is 7.05. The fourth-order valence-corrected chi connectivity index (χ4v) is 8.88. The lowest BCUT2D eigenvalue weighted by atomic mass is 10.1. The summed E-state index contributed by atoms with van der Waals surface area (Å²) in [7, 11) is 0. The van der Waals surface area contributed by atoms with Crippen molar-refractivity contribution < 1.29 is 4.52 Å². The molecule has 1 unspecified atom stereocenters. The van der Waals surface area contributed by atoms with E-state index in [1.807, 2.05) is 41.0 Å². The number of unbranched alkanes of at least 4 members (excludes halogenated alkanes) is 9. The first kappa shape index (κ1) is 23.6. The molecule has 0 aliphatic rings. The molecule has 0 aliphatic heterocycles. The Morgan fingerprint density at radius 1 is 0.679 bits per heavy atom. The normalized spacial score (nSPS) is 12.0. The Morgan fingerprint density at radius 2 is 1.21 bits per heavy atom. The van der Waals surface area contributed by atoms with Crippen LogP contribution in [0.5, 0.6) is 5.75 Å². The van der Waals surface area contributed by atoms with Crippen molar-refractivity contribution in [3.05, 3.63) is 60.7 Å². The molecule has 0 saturated heterocycles. The van der Waals surface area contributed by atoms with Crippen LogP contribution in [0.4, 0.5) is 0 Å². The molecule has 4 heteroatoms. The van der Waals surface area contributed by atoms with E-state index in [0.717, 1.165) is 5.75 Å². The summed E-state index contributed by atoms with van der Waals surface area (Å²) in [5.41, 5.74) is 0. The van der Waals surface area contributed by atoms with Crippen LogP contribution in [0, 0.1) is 0 Å². The van der Waals surface area contributed by atoms with Crippen LogP contribution in [0.15, 0.2) is 65.6 Å². The van der Waals surface area contributed by atoms with Crippen LogP contribution in [0.1, 0.15) is 71.1 Å². The molecule has 0 aromatic heterocycles. The van der Waals surface area contributed by atoms with Crippen molar-refractivity contribution >= 4 is 29.3 Å². The molecular formula is C24H35OPS2. The van der Waals surface area contributed by atoms with Gasteiger partial charge in [-0.2, -0.15) is 0 Å². The predicted molar refractivity (Wildman–Crippen MR) is 131 cm³/mol. The molecule has 0 heterocycles. The van der Waals surface area contributed by atoms with Gasteiger partial charge in [0.05, 0.1) is 0 Å². The van der Waals surface area contributed by atoms with Gasteiger partial charge in [0, 0.05) is 10.6 Å². The van der Waals surface area contributed by atoms with Crippen molar-refractivity contribution in [2.75, 3.05) is 5.75 Å². The molecule has 154 valence electrons. The van der Waals surface area contributed by atoms with Crippen molar-refractivity contribution in [2.45, 2.75) is 76.0 Å². The maximum Gasteiger partial charge on any atom is 0.214 e. The van der Waals surface area contributed by atoms with Crippen molar-refractivity contribution in [3.63, 3.8) is 0 Å². The van der Waals surface area contributed by atoms with E-state index in [4.69, 9.17) is 4.52 Å². The van der Waals surface area contributed by atoms with E-state index in [1.54, 1.807) is 0 Å². The van der Waals surface area contributed by atoms with E-state index in [2.05, 4.69) is 49.4 Å². The quantitative estimate of drug-likeness (QED) is 0.192. The minimum Gasteiger partial charge on any atom is -0.452 e. The van der Waals surface area contributed by atoms with Crippen molar-refractivity contribution in [2.24, 2.45) is 0 Å². The molecule has 0 amide bonds. The largest absolute Gasteiger partial charge is 0.452 e. The lowest BCUT2D eigenvalue weighted by molar-refractivity contribution is 0.563. The van der Waals surface area contributed by atoms with Gasteiger partial charge < -0.3 is 4.52 Å². The molecule has 0 aliphatic carbocycles. The molecule has 1 atom stereocenters. The number of rotatable bonds is 16. The van der Waals surface area contributed by atoms with E-state index < -0.39 is 6.55 Å². The van der Waals surface area contributed by atoms with Crippen molar-refractivity contribution in [1.82, 2.24) is 0 Å².